The van der Waals surface area contributed by atoms with Crippen LogP contribution in [0.3, 0.4) is 0 Å². The standard InChI is InChI=1S/C17H18BrNO2/c1-12-6-7-16(21-2)15(8-12)17(20)19-11-14-5-3-4-13(9-14)10-18/h3-9H,10-11H2,1-2H3,(H,19,20). The number of hydrogen-bond acceptors (Lipinski definition) is 2. The highest BCUT2D eigenvalue weighted by Crippen LogP contribution is 2.19. The molecule has 0 radical (unpaired) electrons. The predicted molar refractivity (Wildman–Crippen MR) is 88.0 cm³/mol. The van der Waals surface area contributed by atoms with E-state index in [4.69, 9.17) is 4.74 Å². The molecule has 0 aliphatic carbocycles. The number of methoxy groups -OCH3 is 1. The van der Waals surface area contributed by atoms with Crippen LogP contribution in [0.4, 0.5) is 0 Å². The summed E-state index contributed by atoms with van der Waals surface area (Å²) in [6.07, 6.45) is 0. The molecule has 0 aliphatic rings. The number of hydrogen-bond donors (Lipinski definition) is 1. The molecule has 0 aliphatic heterocycles. The van der Waals surface area contributed by atoms with E-state index in [1.165, 1.54) is 5.56 Å². The van der Waals surface area contributed by atoms with Gasteiger partial charge in [-0.1, -0.05) is 51.8 Å². The van der Waals surface area contributed by atoms with E-state index in [0.717, 1.165) is 16.5 Å². The Bertz CT molecular complexity index is 640. The number of nitrogens with one attached hydrogen (secondary N) is 1. The average molecular weight is 348 g/mol. The highest BCUT2D eigenvalue weighted by Gasteiger charge is 2.12. The summed E-state index contributed by atoms with van der Waals surface area (Å²) in [6, 6.07) is 13.7. The molecule has 0 bridgehead atoms. The molecular weight excluding hydrogens is 330 g/mol. The lowest BCUT2D eigenvalue weighted by atomic mass is 10.1. The quantitative estimate of drug-likeness (QED) is 0.834. The summed E-state index contributed by atoms with van der Waals surface area (Å²) in [5.74, 6) is 0.465. The van der Waals surface area contributed by atoms with E-state index in [-0.39, 0.29) is 5.91 Å². The Morgan fingerprint density at radius 3 is 2.67 bits per heavy atom. The lowest BCUT2D eigenvalue weighted by molar-refractivity contribution is 0.0948. The lowest BCUT2D eigenvalue weighted by Crippen LogP contribution is -2.23. The SMILES string of the molecule is COc1ccc(C)cc1C(=O)NCc1cccc(CBr)c1. The maximum atomic E-state index is 12.3. The van der Waals surface area contributed by atoms with Crippen molar-refractivity contribution in [3.8, 4) is 5.75 Å². The summed E-state index contributed by atoms with van der Waals surface area (Å²) in [5, 5.41) is 3.74. The van der Waals surface area contributed by atoms with Crippen LogP contribution in [0.5, 0.6) is 5.75 Å². The van der Waals surface area contributed by atoms with Crippen LogP contribution in [0.2, 0.25) is 0 Å². The van der Waals surface area contributed by atoms with Gasteiger partial charge in [-0.05, 0) is 30.2 Å². The predicted octanol–water partition coefficient (Wildman–Crippen LogP) is 3.83. The van der Waals surface area contributed by atoms with Crippen LogP contribution in [0.1, 0.15) is 27.0 Å². The lowest BCUT2D eigenvalue weighted by Gasteiger charge is -2.10. The number of aryl methyl sites for hydroxylation is 1. The van der Waals surface area contributed by atoms with Crippen molar-refractivity contribution >= 4 is 21.8 Å². The second-order valence-electron chi connectivity index (χ2n) is 4.84. The van der Waals surface area contributed by atoms with Crippen molar-refractivity contribution < 1.29 is 9.53 Å². The van der Waals surface area contributed by atoms with Crippen LogP contribution in [0, 0.1) is 6.92 Å². The number of ether oxygens (including phenoxy) is 1. The molecule has 3 nitrogen and oxygen atoms in total. The normalized spacial score (nSPS) is 10.2. The van der Waals surface area contributed by atoms with Gasteiger partial charge in [-0.15, -0.1) is 0 Å². The first-order valence-electron chi connectivity index (χ1n) is 6.70. The third-order valence-electron chi connectivity index (χ3n) is 3.20. The van der Waals surface area contributed by atoms with Crippen LogP contribution in [0.25, 0.3) is 0 Å². The Hall–Kier alpha value is -1.81. The third-order valence-corrected chi connectivity index (χ3v) is 3.85. The summed E-state index contributed by atoms with van der Waals surface area (Å²) < 4.78 is 5.24. The van der Waals surface area contributed by atoms with Gasteiger partial charge in [0, 0.05) is 11.9 Å². The number of carbonyl (C=O) groups is 1. The Morgan fingerprint density at radius 2 is 1.95 bits per heavy atom. The molecule has 4 heteroatoms. The molecule has 2 aromatic rings. The maximum absolute atomic E-state index is 12.3. The molecule has 21 heavy (non-hydrogen) atoms. The Balaban J connectivity index is 2.09. The molecule has 1 amide bonds. The zero-order valence-corrected chi connectivity index (χ0v) is 13.7. The van der Waals surface area contributed by atoms with Crippen LogP contribution < -0.4 is 10.1 Å². The number of halogens is 1. The fraction of sp³-hybridized carbons (Fsp3) is 0.235. The first-order valence-corrected chi connectivity index (χ1v) is 7.83. The zero-order chi connectivity index (χ0) is 15.2. The molecule has 1 N–H and O–H groups in total. The average Bonchev–Trinajstić information content (AvgIpc) is 2.52. The van der Waals surface area contributed by atoms with Gasteiger partial charge >= 0.3 is 0 Å². The van der Waals surface area contributed by atoms with Crippen molar-refractivity contribution in [2.75, 3.05) is 7.11 Å². The Morgan fingerprint density at radius 1 is 1.19 bits per heavy atom. The number of amides is 1. The van der Waals surface area contributed by atoms with E-state index >= 15 is 0 Å². The third kappa shape index (κ3) is 4.08. The molecule has 0 unspecified atom stereocenters. The van der Waals surface area contributed by atoms with Gasteiger partial charge in [0.15, 0.2) is 0 Å². The van der Waals surface area contributed by atoms with E-state index < -0.39 is 0 Å². The number of alkyl halides is 1. The highest BCUT2D eigenvalue weighted by molar-refractivity contribution is 9.08. The fourth-order valence-corrected chi connectivity index (χ4v) is 2.45. The van der Waals surface area contributed by atoms with Gasteiger partial charge in [0.2, 0.25) is 0 Å². The van der Waals surface area contributed by atoms with E-state index in [1.807, 2.05) is 43.3 Å². The number of rotatable bonds is 5. The molecular formula is C17H18BrNO2. The van der Waals surface area contributed by atoms with Crippen molar-refractivity contribution in [3.63, 3.8) is 0 Å². The second-order valence-corrected chi connectivity index (χ2v) is 5.40. The Labute approximate surface area is 133 Å². The number of benzene rings is 2. The van der Waals surface area contributed by atoms with Crippen LogP contribution >= 0.6 is 15.9 Å². The van der Waals surface area contributed by atoms with Gasteiger partial charge in [-0.3, -0.25) is 4.79 Å². The molecule has 0 saturated heterocycles. The summed E-state index contributed by atoms with van der Waals surface area (Å²) in [7, 11) is 1.57. The minimum atomic E-state index is -0.125. The molecule has 0 saturated carbocycles. The first-order chi connectivity index (χ1) is 10.1. The molecule has 0 heterocycles. The van der Waals surface area contributed by atoms with Gasteiger partial charge < -0.3 is 10.1 Å². The van der Waals surface area contributed by atoms with Crippen LogP contribution in [0.15, 0.2) is 42.5 Å². The van der Waals surface area contributed by atoms with Crippen molar-refractivity contribution in [3.05, 3.63) is 64.7 Å². The van der Waals surface area contributed by atoms with E-state index in [0.29, 0.717) is 17.9 Å². The van der Waals surface area contributed by atoms with E-state index in [2.05, 4.69) is 27.3 Å². The van der Waals surface area contributed by atoms with Crippen LogP contribution in [-0.2, 0) is 11.9 Å². The summed E-state index contributed by atoms with van der Waals surface area (Å²) in [4.78, 5) is 12.3. The van der Waals surface area contributed by atoms with Crippen molar-refractivity contribution in [1.82, 2.24) is 5.32 Å². The van der Waals surface area contributed by atoms with Crippen molar-refractivity contribution in [2.24, 2.45) is 0 Å². The summed E-state index contributed by atoms with van der Waals surface area (Å²) in [5.41, 5.74) is 3.86. The van der Waals surface area contributed by atoms with Gasteiger partial charge in [0.25, 0.3) is 5.91 Å². The first kappa shape index (κ1) is 15.6. The molecule has 2 rings (SSSR count). The summed E-state index contributed by atoms with van der Waals surface area (Å²) in [6.45, 7) is 2.45. The molecule has 110 valence electrons. The van der Waals surface area contributed by atoms with Gasteiger partial charge in [0.05, 0.1) is 12.7 Å². The molecule has 0 atom stereocenters. The van der Waals surface area contributed by atoms with E-state index in [9.17, 15) is 4.79 Å². The van der Waals surface area contributed by atoms with Crippen LogP contribution in [-0.4, -0.2) is 13.0 Å². The van der Waals surface area contributed by atoms with Crippen molar-refractivity contribution in [1.29, 1.82) is 0 Å². The van der Waals surface area contributed by atoms with Gasteiger partial charge in [-0.25, -0.2) is 0 Å². The second kappa shape index (κ2) is 7.27. The Kier molecular flexibility index (Phi) is 5.39. The smallest absolute Gasteiger partial charge is 0.255 e. The molecule has 2 aromatic carbocycles. The van der Waals surface area contributed by atoms with Gasteiger partial charge in [0.1, 0.15) is 5.75 Å². The molecule has 0 fully saturated rings. The largest absolute Gasteiger partial charge is 0.496 e. The summed E-state index contributed by atoms with van der Waals surface area (Å²) >= 11 is 3.43. The fourth-order valence-electron chi connectivity index (χ4n) is 2.10. The monoisotopic (exact) mass is 347 g/mol. The van der Waals surface area contributed by atoms with Crippen molar-refractivity contribution in [2.45, 2.75) is 18.8 Å². The zero-order valence-electron chi connectivity index (χ0n) is 12.2. The molecule has 0 aromatic heterocycles. The highest BCUT2D eigenvalue weighted by atomic mass is 79.9. The molecule has 0 spiro atoms. The minimum Gasteiger partial charge on any atom is -0.496 e. The van der Waals surface area contributed by atoms with E-state index in [1.54, 1.807) is 7.11 Å². The minimum absolute atomic E-state index is 0.125. The van der Waals surface area contributed by atoms with Gasteiger partial charge in [-0.2, -0.15) is 0 Å². The maximum Gasteiger partial charge on any atom is 0.255 e. The number of carbonyl (C=O) groups excluding carboxylic acids is 1. The topological polar surface area (TPSA) is 38.3 Å².